The van der Waals surface area contributed by atoms with Crippen molar-refractivity contribution in [1.82, 2.24) is 5.32 Å². The summed E-state index contributed by atoms with van der Waals surface area (Å²) in [4.78, 5) is 0. The van der Waals surface area contributed by atoms with Crippen molar-refractivity contribution in [2.75, 3.05) is 7.05 Å². The van der Waals surface area contributed by atoms with Gasteiger partial charge in [0.05, 0.1) is 5.56 Å². The molecule has 0 aliphatic heterocycles. The van der Waals surface area contributed by atoms with E-state index in [2.05, 4.69) is 26.1 Å². The Hall–Kier alpha value is -1.03. The van der Waals surface area contributed by atoms with Crippen molar-refractivity contribution in [3.63, 3.8) is 0 Å². The van der Waals surface area contributed by atoms with Gasteiger partial charge in [-0.05, 0) is 43.9 Å². The minimum Gasteiger partial charge on any atom is -0.317 e. The number of hydrogen-bond acceptors (Lipinski definition) is 1. The second-order valence-electron chi connectivity index (χ2n) is 5.93. The summed E-state index contributed by atoms with van der Waals surface area (Å²) in [7, 11) is 1.89. The molecule has 1 atom stereocenters. The predicted octanol–water partition coefficient (Wildman–Crippen LogP) is 4.27. The molecular weight excluding hydrogens is 251 g/mol. The molecular formula is C15H22F3N. The minimum atomic E-state index is -4.27. The van der Waals surface area contributed by atoms with Crippen LogP contribution in [0.4, 0.5) is 13.2 Å². The van der Waals surface area contributed by atoms with E-state index in [9.17, 15) is 13.2 Å². The highest BCUT2D eigenvalue weighted by molar-refractivity contribution is 5.26. The number of rotatable bonds is 5. The lowest BCUT2D eigenvalue weighted by atomic mass is 9.80. The number of benzene rings is 1. The molecule has 0 radical (unpaired) electrons. The summed E-state index contributed by atoms with van der Waals surface area (Å²) in [6, 6.07) is 5.97. The highest BCUT2D eigenvalue weighted by Crippen LogP contribution is 2.32. The molecule has 1 aromatic rings. The summed E-state index contributed by atoms with van der Waals surface area (Å²) in [5.74, 6) is 0. The molecule has 0 fully saturated rings. The van der Waals surface area contributed by atoms with Crippen LogP contribution in [0.5, 0.6) is 0 Å². The maximum Gasteiger partial charge on any atom is 0.416 e. The van der Waals surface area contributed by atoms with Crippen LogP contribution in [0, 0.1) is 5.41 Å². The van der Waals surface area contributed by atoms with Gasteiger partial charge in [0, 0.05) is 6.04 Å². The van der Waals surface area contributed by atoms with Crippen molar-refractivity contribution < 1.29 is 13.2 Å². The van der Waals surface area contributed by atoms with E-state index in [0.717, 1.165) is 18.1 Å². The first-order chi connectivity index (χ1) is 8.64. The SMILES string of the molecule is CNC(C)CC(C)(C)Cc1cccc(C(F)(F)F)c1. The fourth-order valence-electron chi connectivity index (χ4n) is 2.41. The first kappa shape index (κ1) is 16.0. The molecule has 0 aromatic heterocycles. The zero-order valence-corrected chi connectivity index (χ0v) is 11.9. The summed E-state index contributed by atoms with van der Waals surface area (Å²) in [5, 5.41) is 3.16. The molecule has 1 nitrogen and oxygen atoms in total. The Morgan fingerprint density at radius 2 is 1.84 bits per heavy atom. The minimum absolute atomic E-state index is 0.0351. The van der Waals surface area contributed by atoms with Crippen molar-refractivity contribution in [2.24, 2.45) is 5.41 Å². The van der Waals surface area contributed by atoms with Crippen LogP contribution in [0.3, 0.4) is 0 Å². The molecule has 0 spiro atoms. The Balaban J connectivity index is 2.82. The van der Waals surface area contributed by atoms with E-state index in [1.165, 1.54) is 12.1 Å². The highest BCUT2D eigenvalue weighted by atomic mass is 19.4. The van der Waals surface area contributed by atoms with Gasteiger partial charge in [0.2, 0.25) is 0 Å². The number of alkyl halides is 3. The van der Waals surface area contributed by atoms with E-state index < -0.39 is 11.7 Å². The van der Waals surface area contributed by atoms with Gasteiger partial charge in [-0.3, -0.25) is 0 Å². The summed E-state index contributed by atoms with van der Waals surface area (Å²) in [5.41, 5.74) is 0.137. The van der Waals surface area contributed by atoms with E-state index in [-0.39, 0.29) is 5.41 Å². The fraction of sp³-hybridized carbons (Fsp3) is 0.600. The van der Waals surface area contributed by atoms with Crippen LogP contribution in [0.2, 0.25) is 0 Å². The molecule has 4 heteroatoms. The topological polar surface area (TPSA) is 12.0 Å². The number of nitrogens with one attached hydrogen (secondary N) is 1. The Kier molecular flexibility index (Phi) is 5.02. The molecule has 19 heavy (non-hydrogen) atoms. The van der Waals surface area contributed by atoms with Crippen molar-refractivity contribution >= 4 is 0 Å². The Morgan fingerprint density at radius 3 is 2.37 bits per heavy atom. The molecule has 1 unspecified atom stereocenters. The van der Waals surface area contributed by atoms with E-state index in [0.29, 0.717) is 12.5 Å². The average molecular weight is 273 g/mol. The van der Waals surface area contributed by atoms with E-state index in [4.69, 9.17) is 0 Å². The molecule has 0 heterocycles. The number of halogens is 3. The molecule has 1 N–H and O–H groups in total. The summed E-state index contributed by atoms with van der Waals surface area (Å²) in [6.07, 6.45) is -2.71. The maximum absolute atomic E-state index is 12.7. The third-order valence-electron chi connectivity index (χ3n) is 3.29. The zero-order valence-electron chi connectivity index (χ0n) is 11.9. The Bertz CT molecular complexity index is 410. The van der Waals surface area contributed by atoms with Crippen LogP contribution in [-0.4, -0.2) is 13.1 Å². The van der Waals surface area contributed by atoms with Gasteiger partial charge in [0.15, 0.2) is 0 Å². The second kappa shape index (κ2) is 5.95. The quantitative estimate of drug-likeness (QED) is 0.844. The first-order valence-electron chi connectivity index (χ1n) is 6.47. The zero-order chi connectivity index (χ0) is 14.7. The van der Waals surface area contributed by atoms with E-state index in [1.807, 2.05) is 7.05 Å². The molecule has 0 bridgehead atoms. The lowest BCUT2D eigenvalue weighted by Crippen LogP contribution is -2.29. The molecule has 0 saturated heterocycles. The number of hydrogen-bond donors (Lipinski definition) is 1. The molecule has 0 amide bonds. The maximum atomic E-state index is 12.7. The van der Waals surface area contributed by atoms with Crippen molar-refractivity contribution in [1.29, 1.82) is 0 Å². The molecule has 0 aliphatic rings. The summed E-state index contributed by atoms with van der Waals surface area (Å²) >= 11 is 0. The highest BCUT2D eigenvalue weighted by Gasteiger charge is 2.31. The van der Waals surface area contributed by atoms with E-state index >= 15 is 0 Å². The summed E-state index contributed by atoms with van der Waals surface area (Å²) in [6.45, 7) is 6.25. The Morgan fingerprint density at radius 1 is 1.21 bits per heavy atom. The lowest BCUT2D eigenvalue weighted by Gasteiger charge is -2.28. The smallest absolute Gasteiger partial charge is 0.317 e. The monoisotopic (exact) mass is 273 g/mol. The van der Waals surface area contributed by atoms with Crippen LogP contribution in [0.25, 0.3) is 0 Å². The molecule has 1 aromatic carbocycles. The third-order valence-corrected chi connectivity index (χ3v) is 3.29. The fourth-order valence-corrected chi connectivity index (χ4v) is 2.41. The van der Waals surface area contributed by atoms with Crippen molar-refractivity contribution in [3.05, 3.63) is 35.4 Å². The van der Waals surface area contributed by atoms with Gasteiger partial charge in [-0.2, -0.15) is 13.2 Å². The van der Waals surface area contributed by atoms with Crippen LogP contribution in [-0.2, 0) is 12.6 Å². The second-order valence-corrected chi connectivity index (χ2v) is 5.93. The Labute approximate surface area is 113 Å². The van der Waals surface area contributed by atoms with Crippen molar-refractivity contribution in [2.45, 2.75) is 45.8 Å². The van der Waals surface area contributed by atoms with Crippen LogP contribution < -0.4 is 5.32 Å². The van der Waals surface area contributed by atoms with Crippen LogP contribution >= 0.6 is 0 Å². The van der Waals surface area contributed by atoms with Crippen LogP contribution in [0.1, 0.15) is 38.3 Å². The normalized spacial score (nSPS) is 14.5. The third kappa shape index (κ3) is 5.23. The first-order valence-corrected chi connectivity index (χ1v) is 6.47. The van der Waals surface area contributed by atoms with Gasteiger partial charge in [0.1, 0.15) is 0 Å². The molecule has 108 valence electrons. The summed E-state index contributed by atoms with van der Waals surface area (Å²) < 4.78 is 38.0. The van der Waals surface area contributed by atoms with Gasteiger partial charge in [0.25, 0.3) is 0 Å². The van der Waals surface area contributed by atoms with Crippen molar-refractivity contribution in [3.8, 4) is 0 Å². The van der Waals surface area contributed by atoms with Gasteiger partial charge < -0.3 is 5.32 Å². The van der Waals surface area contributed by atoms with Gasteiger partial charge in [-0.15, -0.1) is 0 Å². The molecule has 0 saturated carbocycles. The van der Waals surface area contributed by atoms with Gasteiger partial charge >= 0.3 is 6.18 Å². The lowest BCUT2D eigenvalue weighted by molar-refractivity contribution is -0.137. The molecule has 0 aliphatic carbocycles. The van der Waals surface area contributed by atoms with E-state index in [1.54, 1.807) is 6.07 Å². The van der Waals surface area contributed by atoms with Crippen LogP contribution in [0.15, 0.2) is 24.3 Å². The molecule has 1 rings (SSSR count). The average Bonchev–Trinajstić information content (AvgIpc) is 2.26. The standard InChI is InChI=1S/C15H22F3N/c1-11(19-4)9-14(2,3)10-12-6-5-7-13(8-12)15(16,17)18/h5-8,11,19H,9-10H2,1-4H3. The van der Waals surface area contributed by atoms with Gasteiger partial charge in [-0.1, -0.05) is 32.0 Å². The predicted molar refractivity (Wildman–Crippen MR) is 72.1 cm³/mol. The van der Waals surface area contributed by atoms with Gasteiger partial charge in [-0.25, -0.2) is 0 Å². The largest absolute Gasteiger partial charge is 0.416 e.